The number of nitrogens with zero attached hydrogens (tertiary/aromatic N) is 2. The highest BCUT2D eigenvalue weighted by atomic mass is 16.5. The highest BCUT2D eigenvalue weighted by Crippen LogP contribution is 2.23. The molecule has 0 saturated carbocycles. The van der Waals surface area contributed by atoms with E-state index in [9.17, 15) is 14.7 Å². The second kappa shape index (κ2) is 7.53. The van der Waals surface area contributed by atoms with Crippen LogP contribution in [0.3, 0.4) is 0 Å². The lowest BCUT2D eigenvalue weighted by Crippen LogP contribution is -2.41. The van der Waals surface area contributed by atoms with Gasteiger partial charge in [-0.15, -0.1) is 0 Å². The number of carboxylic acids is 1. The SMILES string of the molecule is CCCC[C@H](NC(=O)c1c(-c2ccccn2)noc1C)C(=O)O. The fourth-order valence-electron chi connectivity index (χ4n) is 2.21. The molecule has 0 aliphatic carbocycles. The summed E-state index contributed by atoms with van der Waals surface area (Å²) in [5, 5.41) is 15.6. The van der Waals surface area contributed by atoms with E-state index in [0.717, 1.165) is 6.42 Å². The molecule has 0 fully saturated rings. The van der Waals surface area contributed by atoms with Crippen molar-refractivity contribution in [2.45, 2.75) is 39.2 Å². The Balaban J connectivity index is 2.26. The summed E-state index contributed by atoms with van der Waals surface area (Å²) >= 11 is 0. The van der Waals surface area contributed by atoms with E-state index in [1.165, 1.54) is 0 Å². The Labute approximate surface area is 133 Å². The number of nitrogens with one attached hydrogen (secondary N) is 1. The van der Waals surface area contributed by atoms with Gasteiger partial charge in [-0.3, -0.25) is 9.78 Å². The summed E-state index contributed by atoms with van der Waals surface area (Å²) in [5.41, 5.74) is 1.02. The molecule has 2 rings (SSSR count). The van der Waals surface area contributed by atoms with Gasteiger partial charge < -0.3 is 14.9 Å². The smallest absolute Gasteiger partial charge is 0.326 e. The molecular weight excluding hydrogens is 298 g/mol. The van der Waals surface area contributed by atoms with Crippen LogP contribution in [-0.4, -0.2) is 33.2 Å². The van der Waals surface area contributed by atoms with E-state index in [1.807, 2.05) is 6.92 Å². The first-order chi connectivity index (χ1) is 11.0. The maximum Gasteiger partial charge on any atom is 0.326 e. The molecular formula is C16H19N3O4. The molecule has 0 aliphatic heterocycles. The lowest BCUT2D eigenvalue weighted by Gasteiger charge is -2.14. The van der Waals surface area contributed by atoms with Crippen LogP contribution >= 0.6 is 0 Å². The van der Waals surface area contributed by atoms with E-state index in [1.54, 1.807) is 31.3 Å². The number of hydrogen-bond acceptors (Lipinski definition) is 5. The Kier molecular flexibility index (Phi) is 5.46. The zero-order valence-corrected chi connectivity index (χ0v) is 13.1. The van der Waals surface area contributed by atoms with Crippen molar-refractivity contribution in [2.75, 3.05) is 0 Å². The number of unbranched alkanes of at least 4 members (excludes halogenated alkanes) is 1. The molecule has 0 unspecified atom stereocenters. The molecule has 2 aromatic heterocycles. The minimum absolute atomic E-state index is 0.214. The van der Waals surface area contributed by atoms with E-state index in [2.05, 4.69) is 15.5 Å². The van der Waals surface area contributed by atoms with Gasteiger partial charge in [-0.25, -0.2) is 4.79 Å². The maximum absolute atomic E-state index is 12.5. The zero-order valence-electron chi connectivity index (χ0n) is 13.1. The molecule has 2 heterocycles. The number of pyridine rings is 1. The van der Waals surface area contributed by atoms with E-state index >= 15 is 0 Å². The summed E-state index contributed by atoms with van der Waals surface area (Å²) in [5.74, 6) is -1.25. The van der Waals surface area contributed by atoms with Crippen molar-refractivity contribution < 1.29 is 19.2 Å². The first-order valence-electron chi connectivity index (χ1n) is 7.46. The van der Waals surface area contributed by atoms with Crippen molar-refractivity contribution in [1.29, 1.82) is 0 Å². The van der Waals surface area contributed by atoms with Crippen LogP contribution in [0, 0.1) is 6.92 Å². The Morgan fingerprint density at radius 2 is 2.17 bits per heavy atom. The van der Waals surface area contributed by atoms with Crippen LogP contribution in [0.2, 0.25) is 0 Å². The first kappa shape index (κ1) is 16.7. The number of hydrogen-bond donors (Lipinski definition) is 2. The Hall–Kier alpha value is -2.70. The van der Waals surface area contributed by atoms with Crippen LogP contribution in [0.25, 0.3) is 11.4 Å². The average molecular weight is 317 g/mol. The van der Waals surface area contributed by atoms with Gasteiger partial charge in [0.2, 0.25) is 0 Å². The second-order valence-electron chi connectivity index (χ2n) is 5.18. The predicted octanol–water partition coefficient (Wildman–Crippen LogP) is 2.42. The largest absolute Gasteiger partial charge is 0.480 e. The van der Waals surface area contributed by atoms with Crippen LogP contribution in [0.1, 0.15) is 42.3 Å². The fraction of sp³-hybridized carbons (Fsp3) is 0.375. The molecule has 0 radical (unpaired) electrons. The number of carbonyl (C=O) groups excluding carboxylic acids is 1. The zero-order chi connectivity index (χ0) is 16.8. The molecule has 1 amide bonds. The number of aryl methyl sites for hydroxylation is 1. The van der Waals surface area contributed by atoms with Crippen molar-refractivity contribution >= 4 is 11.9 Å². The van der Waals surface area contributed by atoms with Crippen LogP contribution < -0.4 is 5.32 Å². The van der Waals surface area contributed by atoms with Crippen molar-refractivity contribution in [3.63, 3.8) is 0 Å². The molecule has 0 aromatic carbocycles. The normalized spacial score (nSPS) is 11.9. The van der Waals surface area contributed by atoms with Crippen molar-refractivity contribution in [2.24, 2.45) is 0 Å². The van der Waals surface area contributed by atoms with Gasteiger partial charge in [0, 0.05) is 6.20 Å². The standard InChI is InChI=1S/C16H19N3O4/c1-3-4-7-12(16(21)22)18-15(20)13-10(2)23-19-14(13)11-8-5-6-9-17-11/h5-6,8-9,12H,3-4,7H2,1-2H3,(H,18,20)(H,21,22)/t12-/m0/s1. The van der Waals surface area contributed by atoms with Gasteiger partial charge >= 0.3 is 5.97 Å². The molecule has 0 aliphatic rings. The summed E-state index contributed by atoms with van der Waals surface area (Å²) in [6.07, 6.45) is 3.53. The number of rotatable bonds is 7. The number of aliphatic carboxylic acids is 1. The molecule has 0 spiro atoms. The average Bonchev–Trinajstić information content (AvgIpc) is 2.93. The molecule has 7 nitrogen and oxygen atoms in total. The number of carbonyl (C=O) groups is 2. The fourth-order valence-corrected chi connectivity index (χ4v) is 2.21. The van der Waals surface area contributed by atoms with Gasteiger partial charge in [0.25, 0.3) is 5.91 Å². The van der Waals surface area contributed by atoms with Crippen LogP contribution in [0.15, 0.2) is 28.9 Å². The summed E-state index contributed by atoms with van der Waals surface area (Å²) in [6.45, 7) is 3.57. The maximum atomic E-state index is 12.5. The highest BCUT2D eigenvalue weighted by Gasteiger charge is 2.26. The lowest BCUT2D eigenvalue weighted by molar-refractivity contribution is -0.139. The summed E-state index contributed by atoms with van der Waals surface area (Å²) in [7, 11) is 0. The summed E-state index contributed by atoms with van der Waals surface area (Å²) in [4.78, 5) is 27.9. The van der Waals surface area contributed by atoms with Gasteiger partial charge in [0.15, 0.2) is 0 Å². The van der Waals surface area contributed by atoms with Crippen LogP contribution in [0.5, 0.6) is 0 Å². The van der Waals surface area contributed by atoms with E-state index in [4.69, 9.17) is 4.52 Å². The minimum Gasteiger partial charge on any atom is -0.480 e. The van der Waals surface area contributed by atoms with Crippen LogP contribution in [-0.2, 0) is 4.79 Å². The quantitative estimate of drug-likeness (QED) is 0.812. The third-order valence-corrected chi connectivity index (χ3v) is 3.45. The molecule has 0 saturated heterocycles. The molecule has 23 heavy (non-hydrogen) atoms. The number of aromatic nitrogens is 2. The van der Waals surface area contributed by atoms with Gasteiger partial charge in [0.1, 0.15) is 23.1 Å². The third-order valence-electron chi connectivity index (χ3n) is 3.45. The number of amides is 1. The highest BCUT2D eigenvalue weighted by molar-refractivity contribution is 6.01. The van der Waals surface area contributed by atoms with Gasteiger partial charge in [-0.05, 0) is 25.5 Å². The van der Waals surface area contributed by atoms with E-state index < -0.39 is 17.9 Å². The molecule has 2 aromatic rings. The molecule has 0 bridgehead atoms. The Bertz CT molecular complexity index is 682. The second-order valence-corrected chi connectivity index (χ2v) is 5.18. The lowest BCUT2D eigenvalue weighted by atomic mass is 10.1. The van der Waals surface area contributed by atoms with Crippen molar-refractivity contribution in [1.82, 2.24) is 15.5 Å². The van der Waals surface area contributed by atoms with Crippen molar-refractivity contribution in [3.05, 3.63) is 35.7 Å². The topological polar surface area (TPSA) is 105 Å². The summed E-state index contributed by atoms with van der Waals surface area (Å²) in [6, 6.07) is 4.30. The Morgan fingerprint density at radius 1 is 1.39 bits per heavy atom. The number of carboxylic acid groups (broad SMARTS) is 1. The molecule has 122 valence electrons. The van der Waals surface area contributed by atoms with Crippen molar-refractivity contribution in [3.8, 4) is 11.4 Å². The third kappa shape index (κ3) is 3.94. The van der Waals surface area contributed by atoms with Gasteiger partial charge in [0.05, 0.1) is 5.69 Å². The Morgan fingerprint density at radius 3 is 2.78 bits per heavy atom. The van der Waals surface area contributed by atoms with Gasteiger partial charge in [-0.2, -0.15) is 0 Å². The summed E-state index contributed by atoms with van der Waals surface area (Å²) < 4.78 is 5.10. The van der Waals surface area contributed by atoms with Crippen LogP contribution in [0.4, 0.5) is 0 Å². The predicted molar refractivity (Wildman–Crippen MR) is 82.9 cm³/mol. The van der Waals surface area contributed by atoms with E-state index in [0.29, 0.717) is 30.0 Å². The first-order valence-corrected chi connectivity index (χ1v) is 7.46. The molecule has 7 heteroatoms. The monoisotopic (exact) mass is 317 g/mol. The molecule has 1 atom stereocenters. The molecule has 2 N–H and O–H groups in total. The van der Waals surface area contributed by atoms with E-state index in [-0.39, 0.29) is 5.56 Å². The van der Waals surface area contributed by atoms with Gasteiger partial charge in [-0.1, -0.05) is 31.0 Å². The minimum atomic E-state index is -1.06.